The first-order valence-electron chi connectivity index (χ1n) is 5.18. The Morgan fingerprint density at radius 1 is 1.18 bits per heavy atom. The number of hydrogen-bond donors (Lipinski definition) is 1. The number of thiazole rings is 1. The van der Waals surface area contributed by atoms with Gasteiger partial charge in [-0.3, -0.25) is 0 Å². The average Bonchev–Trinajstić information content (AvgIpc) is 2.76. The first kappa shape index (κ1) is 10.2. The third-order valence-corrected chi connectivity index (χ3v) is 3.58. The van der Waals surface area contributed by atoms with Crippen LogP contribution in [-0.4, -0.2) is 15.0 Å². The van der Waals surface area contributed by atoms with Gasteiger partial charge < -0.3 is 5.73 Å². The van der Waals surface area contributed by atoms with E-state index in [9.17, 15) is 0 Å². The predicted molar refractivity (Wildman–Crippen MR) is 69.8 cm³/mol. The molecule has 0 atom stereocenters. The highest BCUT2D eigenvalue weighted by molar-refractivity contribution is 7.21. The molecule has 5 heteroatoms. The normalized spacial score (nSPS) is 10.9. The van der Waals surface area contributed by atoms with Crippen molar-refractivity contribution in [1.82, 2.24) is 15.0 Å². The monoisotopic (exact) mass is 242 g/mol. The van der Waals surface area contributed by atoms with Gasteiger partial charge >= 0.3 is 0 Å². The number of nitrogens with zero attached hydrogens (tertiary/aromatic N) is 3. The Kier molecular flexibility index (Phi) is 2.26. The van der Waals surface area contributed by atoms with Crippen LogP contribution in [0.2, 0.25) is 0 Å². The Morgan fingerprint density at radius 2 is 2.00 bits per heavy atom. The molecule has 0 saturated carbocycles. The van der Waals surface area contributed by atoms with E-state index in [2.05, 4.69) is 15.0 Å². The molecule has 0 unspecified atom stereocenters. The van der Waals surface area contributed by atoms with Crippen LogP contribution in [0.15, 0.2) is 30.6 Å². The van der Waals surface area contributed by atoms with E-state index in [0.29, 0.717) is 5.65 Å². The smallest absolute Gasteiger partial charge is 0.190 e. The largest absolute Gasteiger partial charge is 0.398 e. The zero-order chi connectivity index (χ0) is 11.8. The summed E-state index contributed by atoms with van der Waals surface area (Å²) in [7, 11) is 0. The molecule has 4 nitrogen and oxygen atoms in total. The molecule has 0 saturated heterocycles. The molecule has 0 aliphatic heterocycles. The van der Waals surface area contributed by atoms with Gasteiger partial charge in [-0.2, -0.15) is 0 Å². The molecule has 17 heavy (non-hydrogen) atoms. The summed E-state index contributed by atoms with van der Waals surface area (Å²) in [5.74, 6) is 0. The maximum absolute atomic E-state index is 5.90. The van der Waals surface area contributed by atoms with Crippen molar-refractivity contribution in [3.63, 3.8) is 0 Å². The molecule has 0 amide bonds. The van der Waals surface area contributed by atoms with Crippen LogP contribution < -0.4 is 5.73 Å². The highest BCUT2D eigenvalue weighted by atomic mass is 32.1. The van der Waals surface area contributed by atoms with Crippen LogP contribution in [0, 0.1) is 6.92 Å². The highest BCUT2D eigenvalue weighted by Gasteiger charge is 2.08. The van der Waals surface area contributed by atoms with E-state index in [1.165, 1.54) is 11.3 Å². The zero-order valence-electron chi connectivity index (χ0n) is 9.21. The van der Waals surface area contributed by atoms with Crippen LogP contribution in [0.25, 0.3) is 21.0 Å². The lowest BCUT2D eigenvalue weighted by Gasteiger charge is -2.01. The summed E-state index contributed by atoms with van der Waals surface area (Å²) in [6.07, 6.45) is 3.32. The average molecular weight is 242 g/mol. The molecule has 1 aromatic carbocycles. The van der Waals surface area contributed by atoms with Gasteiger partial charge in [-0.1, -0.05) is 23.5 Å². The molecule has 2 heterocycles. The Bertz CT molecular complexity index is 657. The van der Waals surface area contributed by atoms with Crippen LogP contribution >= 0.6 is 11.3 Å². The molecule has 3 aromatic rings. The van der Waals surface area contributed by atoms with E-state index < -0.39 is 0 Å². The van der Waals surface area contributed by atoms with Gasteiger partial charge in [0.05, 0.1) is 0 Å². The second-order valence-electron chi connectivity index (χ2n) is 3.78. The van der Waals surface area contributed by atoms with Crippen molar-refractivity contribution in [2.45, 2.75) is 6.92 Å². The molecule has 0 radical (unpaired) electrons. The van der Waals surface area contributed by atoms with E-state index in [1.807, 2.05) is 25.1 Å². The molecule has 2 N–H and O–H groups in total. The standard InChI is InChI=1S/C12H10N4S/c1-7-2-3-8(6-9(7)13)11-16-10-12(17-11)15-5-4-14-10/h2-6H,13H2,1H3. The lowest BCUT2D eigenvalue weighted by atomic mass is 10.1. The van der Waals surface area contributed by atoms with Gasteiger partial charge in [-0.05, 0) is 18.6 Å². The SMILES string of the molecule is Cc1ccc(-c2nc3nccnc3s2)cc1N. The number of hydrogen-bond acceptors (Lipinski definition) is 5. The molecule has 0 aliphatic rings. The Hall–Kier alpha value is -2.01. The van der Waals surface area contributed by atoms with Crippen LogP contribution in [-0.2, 0) is 0 Å². The van der Waals surface area contributed by atoms with E-state index in [1.54, 1.807) is 12.4 Å². The second kappa shape index (κ2) is 3.78. The van der Waals surface area contributed by atoms with Gasteiger partial charge in [0, 0.05) is 23.6 Å². The molecular weight excluding hydrogens is 232 g/mol. The Morgan fingerprint density at radius 3 is 2.76 bits per heavy atom. The number of fused-ring (bicyclic) bond motifs is 1. The minimum Gasteiger partial charge on any atom is -0.398 e. The molecule has 2 aromatic heterocycles. The first-order valence-corrected chi connectivity index (χ1v) is 6.00. The van der Waals surface area contributed by atoms with Gasteiger partial charge in [0.25, 0.3) is 0 Å². The fourth-order valence-electron chi connectivity index (χ4n) is 1.57. The Labute approximate surface area is 102 Å². The Balaban J connectivity index is 2.17. The fraction of sp³-hybridized carbons (Fsp3) is 0.0833. The third kappa shape index (κ3) is 1.74. The third-order valence-electron chi connectivity index (χ3n) is 2.57. The summed E-state index contributed by atoms with van der Waals surface area (Å²) in [6, 6.07) is 5.95. The van der Waals surface area contributed by atoms with E-state index >= 15 is 0 Å². The van der Waals surface area contributed by atoms with Crippen molar-refractivity contribution in [2.75, 3.05) is 5.73 Å². The summed E-state index contributed by atoms with van der Waals surface area (Å²) in [4.78, 5) is 13.7. The number of nitrogen functional groups attached to an aromatic ring is 1. The van der Waals surface area contributed by atoms with Crippen molar-refractivity contribution in [3.8, 4) is 10.6 Å². The molecular formula is C12H10N4S. The van der Waals surface area contributed by atoms with Gasteiger partial charge in [0.1, 0.15) is 5.01 Å². The number of anilines is 1. The molecule has 0 aliphatic carbocycles. The van der Waals surface area contributed by atoms with Gasteiger partial charge in [-0.25, -0.2) is 15.0 Å². The van der Waals surface area contributed by atoms with Crippen molar-refractivity contribution >= 4 is 27.5 Å². The predicted octanol–water partition coefficient (Wildman–Crippen LogP) is 2.64. The summed E-state index contributed by atoms with van der Waals surface area (Å²) in [6.45, 7) is 1.99. The summed E-state index contributed by atoms with van der Waals surface area (Å²) in [5, 5.41) is 0.901. The summed E-state index contributed by atoms with van der Waals surface area (Å²) in [5.41, 5.74) is 9.45. The minimum atomic E-state index is 0.687. The maximum atomic E-state index is 5.90. The maximum Gasteiger partial charge on any atom is 0.190 e. The highest BCUT2D eigenvalue weighted by Crippen LogP contribution is 2.29. The number of aromatic nitrogens is 3. The number of aryl methyl sites for hydroxylation is 1. The van der Waals surface area contributed by atoms with Crippen molar-refractivity contribution < 1.29 is 0 Å². The van der Waals surface area contributed by atoms with Crippen LogP contribution in [0.3, 0.4) is 0 Å². The van der Waals surface area contributed by atoms with Crippen LogP contribution in [0.1, 0.15) is 5.56 Å². The number of benzene rings is 1. The molecule has 0 fully saturated rings. The quantitative estimate of drug-likeness (QED) is 0.666. The molecule has 84 valence electrons. The topological polar surface area (TPSA) is 64.7 Å². The van der Waals surface area contributed by atoms with Crippen molar-refractivity contribution in [3.05, 3.63) is 36.2 Å². The minimum absolute atomic E-state index is 0.687. The summed E-state index contributed by atoms with van der Waals surface area (Å²) >= 11 is 1.52. The van der Waals surface area contributed by atoms with E-state index in [0.717, 1.165) is 26.7 Å². The molecule has 0 spiro atoms. The lowest BCUT2D eigenvalue weighted by Crippen LogP contribution is -1.89. The number of rotatable bonds is 1. The first-order chi connectivity index (χ1) is 8.24. The van der Waals surface area contributed by atoms with E-state index in [4.69, 9.17) is 5.73 Å². The summed E-state index contributed by atoms with van der Waals surface area (Å²) < 4.78 is 0. The van der Waals surface area contributed by atoms with Crippen molar-refractivity contribution in [1.29, 1.82) is 0 Å². The van der Waals surface area contributed by atoms with Crippen LogP contribution in [0.5, 0.6) is 0 Å². The van der Waals surface area contributed by atoms with Gasteiger partial charge in [0.15, 0.2) is 10.5 Å². The zero-order valence-corrected chi connectivity index (χ0v) is 10.0. The second-order valence-corrected chi connectivity index (χ2v) is 4.75. The number of nitrogens with two attached hydrogens (primary N) is 1. The molecule has 0 bridgehead atoms. The lowest BCUT2D eigenvalue weighted by molar-refractivity contribution is 1.26. The molecule has 3 rings (SSSR count). The van der Waals surface area contributed by atoms with Crippen molar-refractivity contribution in [2.24, 2.45) is 0 Å². The van der Waals surface area contributed by atoms with Gasteiger partial charge in [0.2, 0.25) is 0 Å². The fourth-order valence-corrected chi connectivity index (χ4v) is 2.44. The van der Waals surface area contributed by atoms with Crippen LogP contribution in [0.4, 0.5) is 5.69 Å². The van der Waals surface area contributed by atoms with E-state index in [-0.39, 0.29) is 0 Å². The van der Waals surface area contributed by atoms with Gasteiger partial charge in [-0.15, -0.1) is 0 Å².